The number of rotatable bonds is 5. The van der Waals surface area contributed by atoms with Crippen molar-refractivity contribution in [2.24, 2.45) is 0 Å². The molecule has 0 aliphatic rings. The molecule has 0 spiro atoms. The van der Waals surface area contributed by atoms with Gasteiger partial charge in [-0.1, -0.05) is 46.3 Å². The number of alkyl halides is 1. The molecule has 0 aromatic rings. The molecule has 0 aliphatic carbocycles. The van der Waals surface area contributed by atoms with Gasteiger partial charge < -0.3 is 4.74 Å². The molecule has 3 heteroatoms. The summed E-state index contributed by atoms with van der Waals surface area (Å²) in [6.45, 7) is 1.92. The highest BCUT2D eigenvalue weighted by Crippen LogP contribution is 2.05. The van der Waals surface area contributed by atoms with Gasteiger partial charge in [-0.15, -0.1) is 0 Å². The maximum atomic E-state index is 11.0. The van der Waals surface area contributed by atoms with E-state index in [1.54, 1.807) is 0 Å². The number of hydrogen-bond donors (Lipinski definition) is 0. The van der Waals surface area contributed by atoms with Crippen LogP contribution in [0.4, 0.5) is 0 Å². The molecule has 0 aromatic heterocycles. The fourth-order valence-electron chi connectivity index (χ4n) is 0.869. The third-order valence-electron chi connectivity index (χ3n) is 1.49. The normalized spacial score (nSPS) is 12.6. The van der Waals surface area contributed by atoms with E-state index in [-0.39, 0.29) is 5.97 Å². The minimum atomic E-state index is -0.221. The van der Waals surface area contributed by atoms with Crippen LogP contribution in [0.3, 0.4) is 0 Å². The highest BCUT2D eigenvalue weighted by atomic mass is 79.9. The molecule has 0 radical (unpaired) electrons. The Kier molecular flexibility index (Phi) is 8.24. The van der Waals surface area contributed by atoms with Crippen molar-refractivity contribution in [3.8, 4) is 0 Å². The molecule has 0 amide bonds. The zero-order valence-corrected chi connectivity index (χ0v) is 10.1. The summed E-state index contributed by atoms with van der Waals surface area (Å²) >= 11 is 3.28. The highest BCUT2D eigenvalue weighted by Gasteiger charge is 2.01. The van der Waals surface area contributed by atoms with Crippen molar-refractivity contribution in [2.75, 3.05) is 12.4 Å². The molecule has 14 heavy (non-hydrogen) atoms. The van der Waals surface area contributed by atoms with Gasteiger partial charge in [0.15, 0.2) is 0 Å². The molecule has 0 unspecified atom stereocenters. The monoisotopic (exact) mass is 258 g/mol. The first kappa shape index (κ1) is 13.2. The van der Waals surface area contributed by atoms with Crippen LogP contribution in [0.25, 0.3) is 0 Å². The topological polar surface area (TPSA) is 26.3 Å². The molecule has 0 fully saturated rings. The summed E-state index contributed by atoms with van der Waals surface area (Å²) in [5, 5.41) is 0.810. The maximum absolute atomic E-state index is 11.0. The van der Waals surface area contributed by atoms with Gasteiger partial charge in [-0.05, 0) is 12.5 Å². The second kappa shape index (κ2) is 8.75. The molecule has 0 bridgehead atoms. The lowest BCUT2D eigenvalue weighted by Gasteiger charge is -1.98. The summed E-state index contributed by atoms with van der Waals surface area (Å²) in [6, 6.07) is 0. The number of carbonyl (C=O) groups excluding carboxylic acids is 1. The lowest BCUT2D eigenvalue weighted by Crippen LogP contribution is -2.00. The third-order valence-corrected chi connectivity index (χ3v) is 1.87. The molecule has 0 atom stereocenters. The number of ether oxygens (including phenoxy) is 1. The van der Waals surface area contributed by atoms with Crippen molar-refractivity contribution in [3.05, 3.63) is 36.0 Å². The Balaban J connectivity index is 4.35. The SMILES string of the molecule is C\C=C/C(=C\C=C/CBr)CC(=O)OC. The Bertz CT molecular complexity index is 252. The lowest BCUT2D eigenvalue weighted by atomic mass is 10.1. The Morgan fingerprint density at radius 3 is 2.71 bits per heavy atom. The number of allylic oxidation sites excluding steroid dienone is 5. The minimum Gasteiger partial charge on any atom is -0.469 e. The molecule has 78 valence electrons. The predicted octanol–water partition coefficient (Wildman–Crippen LogP) is 3.00. The summed E-state index contributed by atoms with van der Waals surface area (Å²) in [6.07, 6.45) is 9.88. The van der Waals surface area contributed by atoms with Gasteiger partial charge in [0.05, 0.1) is 13.5 Å². The first-order valence-corrected chi connectivity index (χ1v) is 5.48. The first-order valence-electron chi connectivity index (χ1n) is 4.35. The Hall–Kier alpha value is -0.830. The van der Waals surface area contributed by atoms with E-state index in [0.29, 0.717) is 6.42 Å². The first-order chi connectivity index (χ1) is 6.74. The van der Waals surface area contributed by atoms with E-state index in [4.69, 9.17) is 0 Å². The van der Waals surface area contributed by atoms with Crippen molar-refractivity contribution in [3.63, 3.8) is 0 Å². The van der Waals surface area contributed by atoms with Gasteiger partial charge in [-0.2, -0.15) is 0 Å². The molecule has 0 N–H and O–H groups in total. The molecule has 0 aliphatic heterocycles. The molecule has 0 heterocycles. The van der Waals surface area contributed by atoms with Gasteiger partial charge >= 0.3 is 5.97 Å². The zero-order chi connectivity index (χ0) is 10.8. The van der Waals surface area contributed by atoms with Crippen molar-refractivity contribution >= 4 is 21.9 Å². The Morgan fingerprint density at radius 1 is 1.50 bits per heavy atom. The fourth-order valence-corrected chi connectivity index (χ4v) is 1.09. The fraction of sp³-hybridized carbons (Fsp3) is 0.364. The minimum absolute atomic E-state index is 0.221. The highest BCUT2D eigenvalue weighted by molar-refractivity contribution is 9.09. The number of hydrogen-bond acceptors (Lipinski definition) is 2. The second-order valence-corrected chi connectivity index (χ2v) is 3.22. The summed E-state index contributed by atoms with van der Waals surface area (Å²) in [4.78, 5) is 11.0. The van der Waals surface area contributed by atoms with Crippen LogP contribution in [0.15, 0.2) is 36.0 Å². The molecular weight excluding hydrogens is 244 g/mol. The number of methoxy groups -OCH3 is 1. The zero-order valence-electron chi connectivity index (χ0n) is 8.50. The van der Waals surface area contributed by atoms with Crippen LogP contribution in [-0.2, 0) is 9.53 Å². The van der Waals surface area contributed by atoms with E-state index >= 15 is 0 Å². The van der Waals surface area contributed by atoms with E-state index < -0.39 is 0 Å². The number of halogens is 1. The summed E-state index contributed by atoms with van der Waals surface area (Å²) in [7, 11) is 1.39. The standard InChI is InChI=1S/C11H15BrO2/c1-3-6-10(7-4-5-8-12)9-11(13)14-2/h3-7H,8-9H2,1-2H3/b5-4-,6-3-,10-7+. The van der Waals surface area contributed by atoms with Gasteiger partial charge in [0.1, 0.15) is 0 Å². The van der Waals surface area contributed by atoms with Crippen molar-refractivity contribution in [1.29, 1.82) is 0 Å². The molecule has 0 aromatic carbocycles. The van der Waals surface area contributed by atoms with E-state index in [9.17, 15) is 4.79 Å². The second-order valence-electron chi connectivity index (χ2n) is 2.58. The average Bonchev–Trinajstić information content (AvgIpc) is 2.18. The van der Waals surface area contributed by atoms with Crippen LogP contribution < -0.4 is 0 Å². The van der Waals surface area contributed by atoms with Crippen LogP contribution in [0, 0.1) is 0 Å². The summed E-state index contributed by atoms with van der Waals surface area (Å²) in [5.41, 5.74) is 0.941. The van der Waals surface area contributed by atoms with Gasteiger partial charge in [0.25, 0.3) is 0 Å². The Labute approximate surface area is 93.5 Å². The Morgan fingerprint density at radius 2 is 2.21 bits per heavy atom. The van der Waals surface area contributed by atoms with Gasteiger partial charge in [0.2, 0.25) is 0 Å². The lowest BCUT2D eigenvalue weighted by molar-refractivity contribution is -0.139. The molecule has 0 saturated carbocycles. The molecule has 2 nitrogen and oxygen atoms in total. The van der Waals surface area contributed by atoms with Crippen LogP contribution in [0.1, 0.15) is 13.3 Å². The van der Waals surface area contributed by atoms with Crippen LogP contribution in [0.2, 0.25) is 0 Å². The van der Waals surface area contributed by atoms with Crippen LogP contribution in [0.5, 0.6) is 0 Å². The largest absolute Gasteiger partial charge is 0.469 e. The average molecular weight is 259 g/mol. The predicted molar refractivity (Wildman–Crippen MR) is 62.5 cm³/mol. The summed E-state index contributed by atoms with van der Waals surface area (Å²) in [5.74, 6) is -0.221. The van der Waals surface area contributed by atoms with Crippen molar-refractivity contribution in [2.45, 2.75) is 13.3 Å². The smallest absolute Gasteiger partial charge is 0.309 e. The van der Waals surface area contributed by atoms with Gasteiger partial charge in [-0.3, -0.25) is 4.79 Å². The quantitative estimate of drug-likeness (QED) is 0.431. The molecular formula is C11H15BrO2. The van der Waals surface area contributed by atoms with Gasteiger partial charge in [-0.25, -0.2) is 0 Å². The van der Waals surface area contributed by atoms with E-state index in [1.807, 2.05) is 37.3 Å². The van der Waals surface area contributed by atoms with Crippen LogP contribution in [-0.4, -0.2) is 18.4 Å². The molecule has 0 saturated heterocycles. The third kappa shape index (κ3) is 6.66. The van der Waals surface area contributed by atoms with Crippen molar-refractivity contribution in [1.82, 2.24) is 0 Å². The van der Waals surface area contributed by atoms with E-state index in [1.165, 1.54) is 7.11 Å². The number of carbonyl (C=O) groups is 1. The molecule has 0 rings (SSSR count). The van der Waals surface area contributed by atoms with Crippen molar-refractivity contribution < 1.29 is 9.53 Å². The maximum Gasteiger partial charge on any atom is 0.309 e. The van der Waals surface area contributed by atoms with Crippen LogP contribution >= 0.6 is 15.9 Å². The summed E-state index contributed by atoms with van der Waals surface area (Å²) < 4.78 is 4.59. The van der Waals surface area contributed by atoms with E-state index in [2.05, 4.69) is 20.7 Å². The number of esters is 1. The van der Waals surface area contributed by atoms with Gasteiger partial charge in [0, 0.05) is 5.33 Å². The van der Waals surface area contributed by atoms with E-state index in [0.717, 1.165) is 10.9 Å².